The summed E-state index contributed by atoms with van der Waals surface area (Å²) >= 11 is 6.09. The first-order chi connectivity index (χ1) is 13.0. The summed E-state index contributed by atoms with van der Waals surface area (Å²) in [7, 11) is 0. The monoisotopic (exact) mass is 422 g/mol. The Kier molecular flexibility index (Phi) is 8.11. The predicted molar refractivity (Wildman–Crippen MR) is 114 cm³/mol. The van der Waals surface area contributed by atoms with E-state index in [2.05, 4.69) is 16.0 Å². The van der Waals surface area contributed by atoms with E-state index in [9.17, 15) is 9.59 Å². The lowest BCUT2D eigenvalue weighted by atomic mass is 10.0. The van der Waals surface area contributed by atoms with Crippen molar-refractivity contribution in [2.24, 2.45) is 0 Å². The number of hydrogen-bond donors (Lipinski definition) is 3. The van der Waals surface area contributed by atoms with E-state index in [-0.39, 0.29) is 30.9 Å². The van der Waals surface area contributed by atoms with E-state index >= 15 is 0 Å². The largest absolute Gasteiger partial charge is 0.332 e. The van der Waals surface area contributed by atoms with Crippen LogP contribution in [0.2, 0.25) is 5.02 Å². The van der Waals surface area contributed by atoms with Gasteiger partial charge in [0.25, 0.3) is 0 Å². The number of piperazine rings is 1. The van der Waals surface area contributed by atoms with Gasteiger partial charge in [0, 0.05) is 30.3 Å². The summed E-state index contributed by atoms with van der Waals surface area (Å²) in [6.45, 7) is 3.85. The van der Waals surface area contributed by atoms with Crippen LogP contribution in [-0.4, -0.2) is 43.0 Å². The number of anilines is 1. The van der Waals surface area contributed by atoms with E-state index in [4.69, 9.17) is 11.6 Å². The topological polar surface area (TPSA) is 73.5 Å². The van der Waals surface area contributed by atoms with E-state index in [1.54, 1.807) is 11.0 Å². The van der Waals surface area contributed by atoms with Crippen LogP contribution in [0.1, 0.15) is 17.2 Å². The molecule has 1 atom stereocenters. The normalized spacial score (nSPS) is 16.1. The van der Waals surface area contributed by atoms with Gasteiger partial charge in [-0.3, -0.25) is 4.79 Å². The van der Waals surface area contributed by atoms with E-state index < -0.39 is 6.03 Å². The predicted octanol–water partition coefficient (Wildman–Crippen LogP) is 3.36. The molecule has 3 N–H and O–H groups in total. The second-order valence-corrected chi connectivity index (χ2v) is 6.98. The molecule has 1 saturated heterocycles. The van der Waals surface area contributed by atoms with Gasteiger partial charge in [0.05, 0.1) is 12.6 Å². The van der Waals surface area contributed by atoms with Crippen molar-refractivity contribution in [3.8, 4) is 0 Å². The van der Waals surface area contributed by atoms with E-state index in [0.717, 1.165) is 17.7 Å². The second-order valence-electron chi connectivity index (χ2n) is 6.54. The van der Waals surface area contributed by atoms with E-state index in [0.29, 0.717) is 23.8 Å². The maximum atomic E-state index is 12.7. The molecule has 0 saturated carbocycles. The number of amides is 3. The number of nitrogens with one attached hydrogen (secondary N) is 3. The first-order valence-corrected chi connectivity index (χ1v) is 9.28. The molecule has 2 aromatic rings. The lowest BCUT2D eigenvalue weighted by Crippen LogP contribution is -2.51. The van der Waals surface area contributed by atoms with Crippen LogP contribution in [0.3, 0.4) is 0 Å². The Morgan fingerprint density at radius 1 is 1.21 bits per heavy atom. The average molecular weight is 423 g/mol. The molecule has 150 valence electrons. The van der Waals surface area contributed by atoms with E-state index in [1.165, 1.54) is 0 Å². The van der Waals surface area contributed by atoms with Gasteiger partial charge >= 0.3 is 6.03 Å². The van der Waals surface area contributed by atoms with Crippen LogP contribution in [0.25, 0.3) is 0 Å². The van der Waals surface area contributed by atoms with Crippen LogP contribution >= 0.6 is 24.0 Å². The van der Waals surface area contributed by atoms with Crippen molar-refractivity contribution in [2.45, 2.75) is 13.0 Å². The van der Waals surface area contributed by atoms with Gasteiger partial charge in [-0.1, -0.05) is 35.9 Å². The van der Waals surface area contributed by atoms with Crippen LogP contribution in [0.15, 0.2) is 48.5 Å². The van der Waals surface area contributed by atoms with Crippen molar-refractivity contribution in [3.05, 3.63) is 64.7 Å². The summed E-state index contributed by atoms with van der Waals surface area (Å²) < 4.78 is 0. The number of benzene rings is 2. The van der Waals surface area contributed by atoms with Crippen LogP contribution in [-0.2, 0) is 4.79 Å². The second kappa shape index (κ2) is 10.3. The summed E-state index contributed by atoms with van der Waals surface area (Å²) in [6.07, 6.45) is 0. The van der Waals surface area contributed by atoms with Gasteiger partial charge in [0.15, 0.2) is 0 Å². The Bertz CT molecular complexity index is 831. The molecule has 0 spiro atoms. The minimum Gasteiger partial charge on any atom is -0.332 e. The molecule has 0 radical (unpaired) electrons. The zero-order valence-electron chi connectivity index (χ0n) is 15.6. The first-order valence-electron chi connectivity index (χ1n) is 8.90. The third-order valence-electron chi connectivity index (χ3n) is 4.47. The Labute approximate surface area is 176 Å². The highest BCUT2D eigenvalue weighted by Gasteiger charge is 2.28. The quantitative estimate of drug-likeness (QED) is 0.706. The number of aryl methyl sites for hydroxylation is 1. The molecule has 0 aromatic heterocycles. The molecule has 1 heterocycles. The van der Waals surface area contributed by atoms with Crippen molar-refractivity contribution in [1.29, 1.82) is 0 Å². The number of carbonyl (C=O) groups is 2. The fourth-order valence-electron chi connectivity index (χ4n) is 3.17. The minimum absolute atomic E-state index is 0. The molecule has 3 amide bonds. The minimum atomic E-state index is -0.400. The molecule has 2 aromatic carbocycles. The molecule has 1 fully saturated rings. The molecule has 8 heteroatoms. The Hall–Kier alpha value is -2.28. The summed E-state index contributed by atoms with van der Waals surface area (Å²) in [4.78, 5) is 26.6. The van der Waals surface area contributed by atoms with Gasteiger partial charge in [-0.15, -0.1) is 12.4 Å². The molecule has 0 bridgehead atoms. The molecule has 6 nitrogen and oxygen atoms in total. The van der Waals surface area contributed by atoms with E-state index in [1.807, 2.05) is 49.4 Å². The van der Waals surface area contributed by atoms with Crippen LogP contribution in [0.5, 0.6) is 0 Å². The highest BCUT2D eigenvalue weighted by Crippen LogP contribution is 2.24. The lowest BCUT2D eigenvalue weighted by Gasteiger charge is -2.36. The van der Waals surface area contributed by atoms with Crippen molar-refractivity contribution < 1.29 is 9.59 Å². The summed E-state index contributed by atoms with van der Waals surface area (Å²) in [5, 5.41) is 9.33. The molecule has 1 aliphatic heterocycles. The van der Waals surface area contributed by atoms with Crippen molar-refractivity contribution >= 4 is 41.6 Å². The number of rotatable bonds is 4. The maximum absolute atomic E-state index is 12.7. The molecule has 3 rings (SSSR count). The van der Waals surface area contributed by atoms with Gasteiger partial charge in [-0.05, 0) is 42.3 Å². The highest BCUT2D eigenvalue weighted by atomic mass is 35.5. The van der Waals surface area contributed by atoms with Crippen molar-refractivity contribution in [3.63, 3.8) is 0 Å². The Morgan fingerprint density at radius 2 is 2.00 bits per heavy atom. The van der Waals surface area contributed by atoms with Crippen molar-refractivity contribution in [2.75, 3.05) is 31.5 Å². The van der Waals surface area contributed by atoms with Crippen molar-refractivity contribution in [1.82, 2.24) is 15.5 Å². The molecule has 1 aliphatic rings. The lowest BCUT2D eigenvalue weighted by molar-refractivity contribution is -0.133. The summed E-state index contributed by atoms with van der Waals surface area (Å²) in [6, 6.07) is 14.5. The van der Waals surface area contributed by atoms with Gasteiger partial charge in [0.1, 0.15) is 0 Å². The molecule has 0 aliphatic carbocycles. The number of hydrogen-bond acceptors (Lipinski definition) is 3. The molecule has 28 heavy (non-hydrogen) atoms. The van der Waals surface area contributed by atoms with Gasteiger partial charge < -0.3 is 20.9 Å². The van der Waals surface area contributed by atoms with Gasteiger partial charge in [0.2, 0.25) is 5.91 Å². The van der Waals surface area contributed by atoms with Crippen LogP contribution in [0.4, 0.5) is 10.5 Å². The maximum Gasteiger partial charge on any atom is 0.319 e. The fourth-order valence-corrected chi connectivity index (χ4v) is 3.37. The SMILES string of the molecule is Cc1cccc(NC(=O)NCC(=O)N2CCNCC2c2cccc(Cl)c2)c1.Cl. The average Bonchev–Trinajstić information content (AvgIpc) is 2.66. The number of nitrogens with zero attached hydrogens (tertiary/aromatic N) is 1. The Morgan fingerprint density at radius 3 is 2.75 bits per heavy atom. The third-order valence-corrected chi connectivity index (χ3v) is 4.71. The summed E-state index contributed by atoms with van der Waals surface area (Å²) in [5.74, 6) is -0.124. The summed E-state index contributed by atoms with van der Waals surface area (Å²) in [5.41, 5.74) is 2.72. The molecular weight excluding hydrogens is 399 g/mol. The number of urea groups is 1. The highest BCUT2D eigenvalue weighted by molar-refractivity contribution is 6.30. The number of carbonyl (C=O) groups excluding carboxylic acids is 2. The fraction of sp³-hybridized carbons (Fsp3) is 0.300. The van der Waals surface area contributed by atoms with Crippen LogP contribution < -0.4 is 16.0 Å². The van der Waals surface area contributed by atoms with Gasteiger partial charge in [-0.25, -0.2) is 4.79 Å². The number of halogens is 2. The Balaban J connectivity index is 0.00000280. The van der Waals surface area contributed by atoms with Gasteiger partial charge in [-0.2, -0.15) is 0 Å². The van der Waals surface area contributed by atoms with Crippen LogP contribution in [0, 0.1) is 6.92 Å². The molecule has 1 unspecified atom stereocenters. The standard InChI is InChI=1S/C20H23ClN4O2.ClH/c1-14-4-2-7-17(10-14)24-20(27)23-13-19(26)25-9-8-22-12-18(25)15-5-3-6-16(21)11-15;/h2-7,10-11,18,22H,8-9,12-13H2,1H3,(H2,23,24,27);1H. The molecular formula is C20H24Cl2N4O2. The zero-order valence-corrected chi connectivity index (χ0v) is 17.1. The first kappa shape index (κ1) is 22.0. The smallest absolute Gasteiger partial charge is 0.319 e. The third kappa shape index (κ3) is 5.86. The zero-order chi connectivity index (χ0) is 19.2.